The second kappa shape index (κ2) is 4.68. The molecule has 0 saturated heterocycles. The molecule has 94 valence electrons. The Balaban J connectivity index is 1.94. The minimum absolute atomic E-state index is 0.0495. The first-order valence-electron chi connectivity index (χ1n) is 5.84. The van der Waals surface area contributed by atoms with Crippen molar-refractivity contribution in [3.8, 4) is 5.75 Å². The molecule has 0 spiro atoms. The van der Waals surface area contributed by atoms with Crippen molar-refractivity contribution in [1.29, 1.82) is 0 Å². The number of thiophene rings is 1. The molecule has 1 aromatic carbocycles. The average molecular weight is 325 g/mol. The Labute approximate surface area is 118 Å². The minimum atomic E-state index is -0.445. The highest BCUT2D eigenvalue weighted by Crippen LogP contribution is 2.43. The second-order valence-electron chi connectivity index (χ2n) is 4.54. The van der Waals surface area contributed by atoms with Crippen LogP contribution >= 0.6 is 27.3 Å². The molecule has 4 heteroatoms. The number of halogens is 1. The van der Waals surface area contributed by atoms with Crippen LogP contribution in [0.2, 0.25) is 0 Å². The van der Waals surface area contributed by atoms with Crippen LogP contribution < -0.4 is 4.74 Å². The molecule has 1 aliphatic heterocycles. The molecule has 2 nitrogen and oxygen atoms in total. The van der Waals surface area contributed by atoms with Gasteiger partial charge in [-0.25, -0.2) is 0 Å². The molecule has 1 N–H and O–H groups in total. The molecule has 1 aliphatic rings. The van der Waals surface area contributed by atoms with E-state index < -0.39 is 6.10 Å². The number of aliphatic hydroxyl groups is 1. The normalized spacial score (nSPS) is 22.4. The van der Waals surface area contributed by atoms with Gasteiger partial charge in [-0.3, -0.25) is 0 Å². The highest BCUT2D eigenvalue weighted by molar-refractivity contribution is 9.11. The number of ether oxygens (including phenoxy) is 1. The van der Waals surface area contributed by atoms with Crippen molar-refractivity contribution in [3.63, 3.8) is 0 Å². The number of hydrogen-bond donors (Lipinski definition) is 1. The quantitative estimate of drug-likeness (QED) is 0.843. The molecule has 2 heterocycles. The Morgan fingerprint density at radius 1 is 1.33 bits per heavy atom. The predicted molar refractivity (Wildman–Crippen MR) is 76.1 cm³/mol. The van der Waals surface area contributed by atoms with E-state index >= 15 is 0 Å². The highest BCUT2D eigenvalue weighted by Gasteiger charge is 2.28. The lowest BCUT2D eigenvalue weighted by molar-refractivity contribution is 0.0674. The monoisotopic (exact) mass is 324 g/mol. The largest absolute Gasteiger partial charge is 0.484 e. The first-order valence-corrected chi connectivity index (χ1v) is 7.45. The van der Waals surface area contributed by atoms with Gasteiger partial charge in [0.15, 0.2) is 0 Å². The van der Waals surface area contributed by atoms with Crippen LogP contribution in [-0.4, -0.2) is 5.11 Å². The summed E-state index contributed by atoms with van der Waals surface area (Å²) in [5.41, 5.74) is 2.05. The predicted octanol–water partition coefficient (Wildman–Crippen LogP) is 4.38. The van der Waals surface area contributed by atoms with E-state index in [-0.39, 0.29) is 6.10 Å². The van der Waals surface area contributed by atoms with Gasteiger partial charge in [-0.05, 0) is 47.1 Å². The average Bonchev–Trinajstić information content (AvgIpc) is 2.77. The number of aliphatic hydroxyl groups excluding tert-OH is 1. The summed E-state index contributed by atoms with van der Waals surface area (Å²) < 4.78 is 7.07. The standard InChI is InChI=1S/C14H13BrO2S/c1-8-2-3-11-9(6-8)10(16)7-12(17-11)13-4-5-14(15)18-13/h2-6,10,12,16H,7H2,1H3. The SMILES string of the molecule is Cc1ccc2c(c1)C(O)CC(c1ccc(Br)s1)O2. The van der Waals surface area contributed by atoms with Crippen molar-refractivity contribution in [2.24, 2.45) is 0 Å². The lowest BCUT2D eigenvalue weighted by Crippen LogP contribution is -2.18. The zero-order valence-electron chi connectivity index (χ0n) is 9.89. The van der Waals surface area contributed by atoms with Crippen LogP contribution in [-0.2, 0) is 0 Å². The van der Waals surface area contributed by atoms with Gasteiger partial charge in [0.2, 0.25) is 0 Å². The zero-order chi connectivity index (χ0) is 12.7. The maximum atomic E-state index is 10.2. The Morgan fingerprint density at radius 2 is 2.17 bits per heavy atom. The third-order valence-electron chi connectivity index (χ3n) is 3.14. The van der Waals surface area contributed by atoms with Crippen LogP contribution in [0, 0.1) is 6.92 Å². The Kier molecular flexibility index (Phi) is 3.18. The van der Waals surface area contributed by atoms with Crippen LogP contribution in [0.25, 0.3) is 0 Å². The van der Waals surface area contributed by atoms with Gasteiger partial charge in [0.05, 0.1) is 9.89 Å². The maximum absolute atomic E-state index is 10.2. The summed E-state index contributed by atoms with van der Waals surface area (Å²) in [6.45, 7) is 2.02. The van der Waals surface area contributed by atoms with Gasteiger partial charge in [-0.15, -0.1) is 11.3 Å². The first kappa shape index (κ1) is 12.2. The lowest BCUT2D eigenvalue weighted by Gasteiger charge is -2.29. The molecule has 0 amide bonds. The molecule has 3 rings (SSSR count). The minimum Gasteiger partial charge on any atom is -0.484 e. The van der Waals surface area contributed by atoms with E-state index in [1.165, 1.54) is 0 Å². The third kappa shape index (κ3) is 2.20. The lowest BCUT2D eigenvalue weighted by atomic mass is 9.97. The number of hydrogen-bond acceptors (Lipinski definition) is 3. The van der Waals surface area contributed by atoms with Crippen molar-refractivity contribution >= 4 is 27.3 Å². The van der Waals surface area contributed by atoms with Crippen molar-refractivity contribution in [3.05, 3.63) is 50.1 Å². The highest BCUT2D eigenvalue weighted by atomic mass is 79.9. The van der Waals surface area contributed by atoms with E-state index in [4.69, 9.17) is 4.74 Å². The van der Waals surface area contributed by atoms with Gasteiger partial charge in [-0.2, -0.15) is 0 Å². The van der Waals surface area contributed by atoms with Crippen LogP contribution in [0.1, 0.15) is 34.6 Å². The van der Waals surface area contributed by atoms with Crippen LogP contribution in [0.15, 0.2) is 34.1 Å². The third-order valence-corrected chi connectivity index (χ3v) is 4.86. The number of benzene rings is 1. The summed E-state index contributed by atoms with van der Waals surface area (Å²) >= 11 is 5.11. The molecule has 0 radical (unpaired) electrons. The molecule has 1 aromatic heterocycles. The molecule has 0 bridgehead atoms. The summed E-state index contributed by atoms with van der Waals surface area (Å²) in [5, 5.41) is 10.2. The summed E-state index contributed by atoms with van der Waals surface area (Å²) in [4.78, 5) is 1.15. The van der Waals surface area contributed by atoms with Gasteiger partial charge in [0.25, 0.3) is 0 Å². The van der Waals surface area contributed by atoms with E-state index in [1.807, 2.05) is 37.3 Å². The molecular weight excluding hydrogens is 312 g/mol. The number of rotatable bonds is 1. The Morgan fingerprint density at radius 3 is 2.89 bits per heavy atom. The smallest absolute Gasteiger partial charge is 0.136 e. The van der Waals surface area contributed by atoms with E-state index in [9.17, 15) is 5.11 Å². The van der Waals surface area contributed by atoms with E-state index in [2.05, 4.69) is 15.9 Å². The molecule has 2 atom stereocenters. The number of aryl methyl sites for hydroxylation is 1. The summed E-state index contributed by atoms with van der Waals surface area (Å²) in [7, 11) is 0. The Bertz CT molecular complexity index is 579. The van der Waals surface area contributed by atoms with Crippen molar-refractivity contribution < 1.29 is 9.84 Å². The number of fused-ring (bicyclic) bond motifs is 1. The van der Waals surface area contributed by atoms with Gasteiger partial charge >= 0.3 is 0 Å². The molecule has 2 unspecified atom stereocenters. The maximum Gasteiger partial charge on any atom is 0.136 e. The Hall–Kier alpha value is -0.840. The van der Waals surface area contributed by atoms with Gasteiger partial charge in [0.1, 0.15) is 11.9 Å². The molecule has 18 heavy (non-hydrogen) atoms. The van der Waals surface area contributed by atoms with Gasteiger partial charge in [0, 0.05) is 16.9 Å². The van der Waals surface area contributed by atoms with Crippen LogP contribution in [0.4, 0.5) is 0 Å². The molecule has 2 aromatic rings. The zero-order valence-corrected chi connectivity index (χ0v) is 12.3. The molecule has 0 saturated carbocycles. The first-order chi connectivity index (χ1) is 8.63. The summed E-state index contributed by atoms with van der Waals surface area (Å²) in [5.74, 6) is 0.800. The summed E-state index contributed by atoms with van der Waals surface area (Å²) in [6.07, 6.45) is 0.120. The van der Waals surface area contributed by atoms with Crippen molar-refractivity contribution in [2.45, 2.75) is 25.6 Å². The van der Waals surface area contributed by atoms with E-state index in [1.54, 1.807) is 11.3 Å². The van der Waals surface area contributed by atoms with E-state index in [0.717, 1.165) is 25.5 Å². The van der Waals surface area contributed by atoms with E-state index in [0.29, 0.717) is 6.42 Å². The van der Waals surface area contributed by atoms with Crippen molar-refractivity contribution in [2.75, 3.05) is 0 Å². The fourth-order valence-corrected chi connectivity index (χ4v) is 3.71. The summed E-state index contributed by atoms with van der Waals surface area (Å²) in [6, 6.07) is 10.0. The molecular formula is C14H13BrO2S. The van der Waals surface area contributed by atoms with Crippen molar-refractivity contribution in [1.82, 2.24) is 0 Å². The van der Waals surface area contributed by atoms with Crippen LogP contribution in [0.5, 0.6) is 5.75 Å². The second-order valence-corrected chi connectivity index (χ2v) is 7.04. The fraction of sp³-hybridized carbons (Fsp3) is 0.286. The molecule has 0 aliphatic carbocycles. The van der Waals surface area contributed by atoms with Gasteiger partial charge < -0.3 is 9.84 Å². The molecule has 0 fully saturated rings. The van der Waals surface area contributed by atoms with Crippen LogP contribution in [0.3, 0.4) is 0 Å². The topological polar surface area (TPSA) is 29.5 Å². The fourth-order valence-electron chi connectivity index (χ4n) is 2.24. The van der Waals surface area contributed by atoms with Gasteiger partial charge in [-0.1, -0.05) is 11.6 Å².